The van der Waals surface area contributed by atoms with Crippen LogP contribution in [-0.2, 0) is 6.42 Å². The Morgan fingerprint density at radius 2 is 2.10 bits per heavy atom. The van der Waals surface area contributed by atoms with Crippen LogP contribution in [0.5, 0.6) is 5.75 Å². The summed E-state index contributed by atoms with van der Waals surface area (Å²) in [7, 11) is 1.54. The fraction of sp³-hybridized carbons (Fsp3) is 0.250. The summed E-state index contributed by atoms with van der Waals surface area (Å²) in [6, 6.07) is 8.08. The lowest BCUT2D eigenvalue weighted by atomic mass is 9.99. The Kier molecular flexibility index (Phi) is 5.25. The SMILES string of the molecule is COc1cc(C)c(Br)cc1C(O)Cc1c(F)cccc1Cl. The van der Waals surface area contributed by atoms with Gasteiger partial charge >= 0.3 is 0 Å². The predicted octanol–water partition coefficient (Wildman–Crippen LogP) is 4.83. The first-order chi connectivity index (χ1) is 9.93. The van der Waals surface area contributed by atoms with Crippen molar-refractivity contribution in [2.45, 2.75) is 19.4 Å². The minimum atomic E-state index is -0.911. The molecule has 0 amide bonds. The maximum atomic E-state index is 13.8. The first-order valence-corrected chi connectivity index (χ1v) is 7.56. The van der Waals surface area contributed by atoms with E-state index in [-0.39, 0.29) is 6.42 Å². The number of hydrogen-bond acceptors (Lipinski definition) is 2. The third kappa shape index (κ3) is 3.57. The number of hydrogen-bond donors (Lipinski definition) is 1. The number of methoxy groups -OCH3 is 1. The second kappa shape index (κ2) is 6.77. The molecule has 0 aliphatic carbocycles. The van der Waals surface area contributed by atoms with Gasteiger partial charge in [0.2, 0.25) is 0 Å². The molecule has 0 radical (unpaired) electrons. The summed E-state index contributed by atoms with van der Waals surface area (Å²) in [5, 5.41) is 10.7. The number of benzene rings is 2. The highest BCUT2D eigenvalue weighted by Crippen LogP contribution is 2.34. The number of rotatable bonds is 4. The van der Waals surface area contributed by atoms with Crippen LogP contribution in [0.4, 0.5) is 4.39 Å². The summed E-state index contributed by atoms with van der Waals surface area (Å²) in [6.07, 6.45) is -0.830. The Labute approximate surface area is 136 Å². The summed E-state index contributed by atoms with van der Waals surface area (Å²) in [5.74, 6) is 0.141. The van der Waals surface area contributed by atoms with Gasteiger partial charge in [0, 0.05) is 27.0 Å². The van der Waals surface area contributed by atoms with Crippen LogP contribution in [0.1, 0.15) is 22.8 Å². The zero-order chi connectivity index (χ0) is 15.6. The maximum absolute atomic E-state index is 13.8. The molecule has 1 unspecified atom stereocenters. The van der Waals surface area contributed by atoms with Crippen LogP contribution in [0.2, 0.25) is 5.02 Å². The van der Waals surface area contributed by atoms with E-state index in [0.717, 1.165) is 10.0 Å². The number of aliphatic hydroxyl groups excluding tert-OH is 1. The van der Waals surface area contributed by atoms with Gasteiger partial charge in [0.05, 0.1) is 13.2 Å². The normalized spacial score (nSPS) is 12.3. The van der Waals surface area contributed by atoms with Gasteiger partial charge in [-0.1, -0.05) is 33.6 Å². The van der Waals surface area contributed by atoms with Crippen molar-refractivity contribution in [3.63, 3.8) is 0 Å². The molecule has 0 heterocycles. The van der Waals surface area contributed by atoms with Gasteiger partial charge in [-0.3, -0.25) is 0 Å². The third-order valence-corrected chi connectivity index (χ3v) is 4.54. The van der Waals surface area contributed by atoms with Gasteiger partial charge in [0.15, 0.2) is 0 Å². The summed E-state index contributed by atoms with van der Waals surface area (Å²) >= 11 is 9.42. The second-order valence-corrected chi connectivity index (χ2v) is 6.03. The lowest BCUT2D eigenvalue weighted by molar-refractivity contribution is 0.172. The van der Waals surface area contributed by atoms with Gasteiger partial charge in [-0.05, 0) is 36.8 Å². The molecule has 112 valence electrons. The van der Waals surface area contributed by atoms with Crippen LogP contribution in [0.15, 0.2) is 34.8 Å². The molecule has 5 heteroatoms. The van der Waals surface area contributed by atoms with Gasteiger partial charge in [-0.15, -0.1) is 0 Å². The zero-order valence-corrected chi connectivity index (χ0v) is 14.0. The Balaban J connectivity index is 2.37. The number of aliphatic hydroxyl groups is 1. The van der Waals surface area contributed by atoms with E-state index in [9.17, 15) is 9.50 Å². The number of ether oxygens (including phenoxy) is 1. The Morgan fingerprint density at radius 3 is 2.71 bits per heavy atom. The molecule has 1 N–H and O–H groups in total. The molecule has 0 aliphatic heterocycles. The van der Waals surface area contributed by atoms with Crippen LogP contribution >= 0.6 is 27.5 Å². The molecule has 0 fully saturated rings. The summed E-state index contributed by atoms with van der Waals surface area (Å²) in [6.45, 7) is 1.93. The predicted molar refractivity (Wildman–Crippen MR) is 85.5 cm³/mol. The molecular weight excluding hydrogens is 359 g/mol. The standard InChI is InChI=1S/C16H15BrClFO2/c1-9-6-16(21-2)11(7-12(9)17)15(20)8-10-13(18)4-3-5-14(10)19/h3-7,15,20H,8H2,1-2H3. The molecule has 2 rings (SSSR count). The lowest BCUT2D eigenvalue weighted by Gasteiger charge is -2.17. The van der Waals surface area contributed by atoms with Crippen LogP contribution in [-0.4, -0.2) is 12.2 Å². The highest BCUT2D eigenvalue weighted by atomic mass is 79.9. The van der Waals surface area contributed by atoms with Crippen molar-refractivity contribution in [3.8, 4) is 5.75 Å². The summed E-state index contributed by atoms with van der Waals surface area (Å²) < 4.78 is 20.0. The largest absolute Gasteiger partial charge is 0.496 e. The van der Waals surface area contributed by atoms with Crippen LogP contribution < -0.4 is 4.74 Å². The van der Waals surface area contributed by atoms with Gasteiger partial charge in [0.1, 0.15) is 11.6 Å². The Hall–Kier alpha value is -1.10. The van der Waals surface area contributed by atoms with Crippen molar-refractivity contribution in [2.24, 2.45) is 0 Å². The molecule has 21 heavy (non-hydrogen) atoms. The van der Waals surface area contributed by atoms with Crippen molar-refractivity contribution in [1.29, 1.82) is 0 Å². The first-order valence-electron chi connectivity index (χ1n) is 6.39. The van der Waals surface area contributed by atoms with E-state index >= 15 is 0 Å². The molecule has 0 aliphatic rings. The van der Waals surface area contributed by atoms with Crippen molar-refractivity contribution in [2.75, 3.05) is 7.11 Å². The average molecular weight is 374 g/mol. The average Bonchev–Trinajstić information content (AvgIpc) is 2.45. The molecule has 0 saturated heterocycles. The molecule has 2 nitrogen and oxygen atoms in total. The van der Waals surface area contributed by atoms with Crippen molar-refractivity contribution < 1.29 is 14.2 Å². The van der Waals surface area contributed by atoms with Crippen molar-refractivity contribution in [1.82, 2.24) is 0 Å². The molecule has 0 bridgehead atoms. The van der Waals surface area contributed by atoms with Crippen LogP contribution in [0, 0.1) is 12.7 Å². The lowest BCUT2D eigenvalue weighted by Crippen LogP contribution is -2.06. The van der Waals surface area contributed by atoms with Crippen LogP contribution in [0.3, 0.4) is 0 Å². The van der Waals surface area contributed by atoms with E-state index in [1.807, 2.05) is 13.0 Å². The summed E-state index contributed by atoms with van der Waals surface area (Å²) in [5.41, 5.74) is 1.88. The highest BCUT2D eigenvalue weighted by Gasteiger charge is 2.19. The van der Waals surface area contributed by atoms with E-state index in [4.69, 9.17) is 16.3 Å². The van der Waals surface area contributed by atoms with Gasteiger partial charge in [0.25, 0.3) is 0 Å². The quantitative estimate of drug-likeness (QED) is 0.831. The smallest absolute Gasteiger partial charge is 0.127 e. The fourth-order valence-corrected chi connectivity index (χ4v) is 2.74. The maximum Gasteiger partial charge on any atom is 0.127 e. The zero-order valence-electron chi connectivity index (χ0n) is 11.7. The van der Waals surface area contributed by atoms with Crippen molar-refractivity contribution in [3.05, 3.63) is 62.3 Å². The van der Waals surface area contributed by atoms with Gasteiger partial charge < -0.3 is 9.84 Å². The molecular formula is C16H15BrClFO2. The molecule has 0 saturated carbocycles. The Bertz CT molecular complexity index is 641. The first kappa shape index (κ1) is 16.3. The number of halogens is 3. The van der Waals surface area contributed by atoms with E-state index in [0.29, 0.717) is 21.9 Å². The minimum absolute atomic E-state index is 0.0807. The molecule has 2 aromatic carbocycles. The Morgan fingerprint density at radius 1 is 1.38 bits per heavy atom. The van der Waals surface area contributed by atoms with Gasteiger partial charge in [-0.25, -0.2) is 4.39 Å². The van der Waals surface area contributed by atoms with Crippen molar-refractivity contribution >= 4 is 27.5 Å². The van der Waals surface area contributed by atoms with E-state index in [1.54, 1.807) is 12.1 Å². The van der Waals surface area contributed by atoms with E-state index in [1.165, 1.54) is 19.2 Å². The molecule has 0 aromatic heterocycles. The molecule has 1 atom stereocenters. The molecule has 2 aromatic rings. The minimum Gasteiger partial charge on any atom is -0.496 e. The van der Waals surface area contributed by atoms with E-state index in [2.05, 4.69) is 15.9 Å². The monoisotopic (exact) mass is 372 g/mol. The topological polar surface area (TPSA) is 29.5 Å². The van der Waals surface area contributed by atoms with Crippen LogP contribution in [0.25, 0.3) is 0 Å². The second-order valence-electron chi connectivity index (χ2n) is 4.76. The summed E-state index contributed by atoms with van der Waals surface area (Å²) in [4.78, 5) is 0. The highest BCUT2D eigenvalue weighted by molar-refractivity contribution is 9.10. The molecule has 0 spiro atoms. The van der Waals surface area contributed by atoms with E-state index < -0.39 is 11.9 Å². The number of aryl methyl sites for hydroxylation is 1. The van der Waals surface area contributed by atoms with Gasteiger partial charge in [-0.2, -0.15) is 0 Å². The third-order valence-electron chi connectivity index (χ3n) is 3.33. The fourth-order valence-electron chi connectivity index (χ4n) is 2.14.